The lowest BCUT2D eigenvalue weighted by atomic mass is 9.76. The van der Waals surface area contributed by atoms with Gasteiger partial charge in [-0.2, -0.15) is 0 Å². The van der Waals surface area contributed by atoms with Gasteiger partial charge in [0.2, 0.25) is 0 Å². The molecule has 1 aliphatic rings. The maximum absolute atomic E-state index is 3.61. The summed E-state index contributed by atoms with van der Waals surface area (Å²) in [7, 11) is 0. The van der Waals surface area contributed by atoms with Crippen molar-refractivity contribution < 1.29 is 0 Å². The van der Waals surface area contributed by atoms with Crippen molar-refractivity contribution >= 4 is 0 Å². The van der Waals surface area contributed by atoms with Gasteiger partial charge >= 0.3 is 0 Å². The highest BCUT2D eigenvalue weighted by molar-refractivity contribution is 5.20. The van der Waals surface area contributed by atoms with E-state index in [0.29, 0.717) is 0 Å². The zero-order valence-corrected chi connectivity index (χ0v) is 10.4. The summed E-state index contributed by atoms with van der Waals surface area (Å²) in [4.78, 5) is 0. The number of benzene rings is 1. The Hall–Kier alpha value is -0.820. The molecule has 0 radical (unpaired) electrons. The van der Waals surface area contributed by atoms with Crippen LogP contribution in [0, 0.1) is 5.92 Å². The fourth-order valence-electron chi connectivity index (χ4n) is 3.06. The molecule has 1 N–H and O–H groups in total. The van der Waals surface area contributed by atoms with Crippen LogP contribution < -0.4 is 5.32 Å². The average Bonchev–Trinajstić information content (AvgIpc) is 2.30. The van der Waals surface area contributed by atoms with E-state index >= 15 is 0 Å². The molecule has 2 rings (SSSR count). The third-order valence-electron chi connectivity index (χ3n) is 3.71. The molecule has 16 heavy (non-hydrogen) atoms. The van der Waals surface area contributed by atoms with Gasteiger partial charge in [-0.05, 0) is 43.2 Å². The van der Waals surface area contributed by atoms with Crippen LogP contribution in [-0.4, -0.2) is 12.6 Å². The van der Waals surface area contributed by atoms with E-state index in [9.17, 15) is 0 Å². The Kier molecular flexibility index (Phi) is 4.00. The van der Waals surface area contributed by atoms with E-state index in [1.165, 1.54) is 24.8 Å². The standard InChI is InChI=1S/C15H23N/c1-3-16-15-10-12(2)9-14(11-15)13-7-5-4-6-8-13/h4-8,12,14-16H,3,9-11H2,1-2H3. The lowest BCUT2D eigenvalue weighted by Gasteiger charge is -2.34. The van der Waals surface area contributed by atoms with Gasteiger partial charge in [-0.25, -0.2) is 0 Å². The Balaban J connectivity index is 2.04. The first-order valence-corrected chi connectivity index (χ1v) is 6.58. The molecule has 0 bridgehead atoms. The van der Waals surface area contributed by atoms with E-state index in [1.807, 2.05) is 0 Å². The molecule has 3 unspecified atom stereocenters. The summed E-state index contributed by atoms with van der Waals surface area (Å²) >= 11 is 0. The molecular formula is C15H23N. The number of nitrogens with one attached hydrogen (secondary N) is 1. The van der Waals surface area contributed by atoms with Crippen molar-refractivity contribution in [3.05, 3.63) is 35.9 Å². The molecule has 1 aliphatic carbocycles. The molecule has 1 saturated carbocycles. The van der Waals surface area contributed by atoms with E-state index in [0.717, 1.165) is 24.4 Å². The highest BCUT2D eigenvalue weighted by atomic mass is 14.9. The molecule has 1 aromatic carbocycles. The van der Waals surface area contributed by atoms with E-state index in [2.05, 4.69) is 49.5 Å². The molecule has 0 amide bonds. The number of rotatable bonds is 3. The van der Waals surface area contributed by atoms with Crippen molar-refractivity contribution in [3.63, 3.8) is 0 Å². The maximum Gasteiger partial charge on any atom is 0.00753 e. The monoisotopic (exact) mass is 217 g/mol. The number of hydrogen-bond donors (Lipinski definition) is 1. The summed E-state index contributed by atoms with van der Waals surface area (Å²) in [6.45, 7) is 5.69. The second-order valence-corrected chi connectivity index (χ2v) is 5.17. The van der Waals surface area contributed by atoms with Crippen LogP contribution in [0.5, 0.6) is 0 Å². The van der Waals surface area contributed by atoms with Gasteiger partial charge in [-0.15, -0.1) is 0 Å². The predicted molar refractivity (Wildman–Crippen MR) is 69.7 cm³/mol. The van der Waals surface area contributed by atoms with Gasteiger partial charge in [0.15, 0.2) is 0 Å². The van der Waals surface area contributed by atoms with Crippen LogP contribution in [0.1, 0.15) is 44.6 Å². The van der Waals surface area contributed by atoms with Crippen molar-refractivity contribution in [2.45, 2.75) is 45.1 Å². The van der Waals surface area contributed by atoms with Crippen LogP contribution in [0.2, 0.25) is 0 Å². The smallest absolute Gasteiger partial charge is 0.00753 e. The third kappa shape index (κ3) is 2.85. The maximum atomic E-state index is 3.61. The van der Waals surface area contributed by atoms with Crippen LogP contribution in [0.4, 0.5) is 0 Å². The van der Waals surface area contributed by atoms with Crippen LogP contribution in [0.25, 0.3) is 0 Å². The van der Waals surface area contributed by atoms with Crippen LogP contribution in [0.3, 0.4) is 0 Å². The molecular weight excluding hydrogens is 194 g/mol. The molecule has 0 spiro atoms. The van der Waals surface area contributed by atoms with Crippen molar-refractivity contribution in [1.82, 2.24) is 5.32 Å². The highest BCUT2D eigenvalue weighted by Gasteiger charge is 2.26. The summed E-state index contributed by atoms with van der Waals surface area (Å²) in [5, 5.41) is 3.61. The number of hydrogen-bond acceptors (Lipinski definition) is 1. The van der Waals surface area contributed by atoms with Crippen LogP contribution in [-0.2, 0) is 0 Å². The Morgan fingerprint density at radius 2 is 1.88 bits per heavy atom. The molecule has 1 heteroatoms. The molecule has 0 heterocycles. The fourth-order valence-corrected chi connectivity index (χ4v) is 3.06. The van der Waals surface area contributed by atoms with Crippen molar-refractivity contribution in [1.29, 1.82) is 0 Å². The van der Waals surface area contributed by atoms with E-state index in [-0.39, 0.29) is 0 Å². The normalized spacial score (nSPS) is 30.2. The summed E-state index contributed by atoms with van der Waals surface area (Å²) in [6, 6.07) is 11.7. The van der Waals surface area contributed by atoms with Gasteiger partial charge in [0, 0.05) is 6.04 Å². The molecule has 88 valence electrons. The van der Waals surface area contributed by atoms with Gasteiger partial charge in [0.05, 0.1) is 0 Å². The minimum atomic E-state index is 0.721. The Morgan fingerprint density at radius 3 is 2.56 bits per heavy atom. The van der Waals surface area contributed by atoms with E-state index in [1.54, 1.807) is 0 Å². The van der Waals surface area contributed by atoms with Gasteiger partial charge in [0.1, 0.15) is 0 Å². The SMILES string of the molecule is CCNC1CC(C)CC(c2ccccc2)C1. The summed E-state index contributed by atoms with van der Waals surface area (Å²) < 4.78 is 0. The quantitative estimate of drug-likeness (QED) is 0.816. The van der Waals surface area contributed by atoms with Gasteiger partial charge in [-0.1, -0.05) is 44.2 Å². The van der Waals surface area contributed by atoms with Crippen molar-refractivity contribution in [2.75, 3.05) is 6.54 Å². The van der Waals surface area contributed by atoms with Crippen LogP contribution in [0.15, 0.2) is 30.3 Å². The Morgan fingerprint density at radius 1 is 1.12 bits per heavy atom. The minimum absolute atomic E-state index is 0.721. The first kappa shape index (κ1) is 11.7. The minimum Gasteiger partial charge on any atom is -0.314 e. The largest absolute Gasteiger partial charge is 0.314 e. The van der Waals surface area contributed by atoms with E-state index in [4.69, 9.17) is 0 Å². The molecule has 0 aromatic heterocycles. The third-order valence-corrected chi connectivity index (χ3v) is 3.71. The second-order valence-electron chi connectivity index (χ2n) is 5.17. The average molecular weight is 217 g/mol. The summed E-state index contributed by atoms with van der Waals surface area (Å²) in [5.74, 6) is 1.61. The fraction of sp³-hybridized carbons (Fsp3) is 0.600. The molecule has 1 nitrogen and oxygen atoms in total. The molecule has 1 aromatic rings. The summed E-state index contributed by atoms with van der Waals surface area (Å²) in [6.07, 6.45) is 4.01. The predicted octanol–water partition coefficient (Wildman–Crippen LogP) is 3.57. The topological polar surface area (TPSA) is 12.0 Å². The lowest BCUT2D eigenvalue weighted by molar-refractivity contribution is 0.275. The zero-order valence-electron chi connectivity index (χ0n) is 10.4. The highest BCUT2D eigenvalue weighted by Crippen LogP contribution is 2.35. The molecule has 0 saturated heterocycles. The van der Waals surface area contributed by atoms with E-state index < -0.39 is 0 Å². The second kappa shape index (κ2) is 5.49. The molecule has 0 aliphatic heterocycles. The van der Waals surface area contributed by atoms with Gasteiger partial charge in [0.25, 0.3) is 0 Å². The zero-order chi connectivity index (χ0) is 11.4. The van der Waals surface area contributed by atoms with Crippen LogP contribution >= 0.6 is 0 Å². The first-order valence-electron chi connectivity index (χ1n) is 6.58. The van der Waals surface area contributed by atoms with Crippen molar-refractivity contribution in [3.8, 4) is 0 Å². The molecule has 3 atom stereocenters. The summed E-state index contributed by atoms with van der Waals surface area (Å²) in [5.41, 5.74) is 1.52. The Labute approximate surface area is 99.3 Å². The van der Waals surface area contributed by atoms with Crippen molar-refractivity contribution in [2.24, 2.45) is 5.92 Å². The van der Waals surface area contributed by atoms with Gasteiger partial charge < -0.3 is 5.32 Å². The molecule has 1 fully saturated rings. The van der Waals surface area contributed by atoms with Gasteiger partial charge in [-0.3, -0.25) is 0 Å². The first-order chi connectivity index (χ1) is 7.79. The Bertz CT molecular complexity index is 306. The lowest BCUT2D eigenvalue weighted by Crippen LogP contribution is -2.36.